The highest BCUT2D eigenvalue weighted by Gasteiger charge is 2.20. The number of nitrogens with zero attached hydrogens (tertiary/aromatic N) is 4. The summed E-state index contributed by atoms with van der Waals surface area (Å²) in [6, 6.07) is 13.0. The average Bonchev–Trinajstić information content (AvgIpc) is 3.35. The Labute approximate surface area is 186 Å². The van der Waals surface area contributed by atoms with E-state index in [1.54, 1.807) is 6.26 Å². The zero-order valence-corrected chi connectivity index (χ0v) is 18.0. The smallest absolute Gasteiger partial charge is 0.236 e. The number of hydrogen-bond donors (Lipinski definition) is 1. The number of benzene rings is 1. The summed E-state index contributed by atoms with van der Waals surface area (Å²) in [6.07, 6.45) is 3.03. The number of anilines is 1. The van der Waals surface area contributed by atoms with Crippen molar-refractivity contribution in [2.24, 2.45) is 0 Å². The Hall–Kier alpha value is -2.81. The number of halogens is 2. The van der Waals surface area contributed by atoms with Crippen LogP contribution in [0.1, 0.15) is 5.76 Å². The van der Waals surface area contributed by atoms with Gasteiger partial charge in [0, 0.05) is 11.9 Å². The van der Waals surface area contributed by atoms with E-state index in [4.69, 9.17) is 27.6 Å². The predicted octanol–water partition coefficient (Wildman–Crippen LogP) is 5.27. The van der Waals surface area contributed by atoms with Crippen molar-refractivity contribution in [2.45, 2.75) is 12.1 Å². The lowest BCUT2D eigenvalue weighted by Crippen LogP contribution is -2.15. The molecule has 1 aromatic carbocycles. The molecule has 7 nitrogen and oxygen atoms in total. The summed E-state index contributed by atoms with van der Waals surface area (Å²) in [4.78, 5) is 16.5. The number of pyridine rings is 1. The van der Waals surface area contributed by atoms with E-state index < -0.39 is 0 Å². The van der Waals surface area contributed by atoms with Crippen molar-refractivity contribution in [1.29, 1.82) is 0 Å². The number of furan rings is 1. The fourth-order valence-corrected chi connectivity index (χ4v) is 3.95. The molecule has 0 fully saturated rings. The Morgan fingerprint density at radius 2 is 2.00 bits per heavy atom. The molecule has 4 rings (SSSR count). The van der Waals surface area contributed by atoms with Crippen molar-refractivity contribution in [1.82, 2.24) is 19.7 Å². The Morgan fingerprint density at radius 1 is 1.20 bits per heavy atom. The van der Waals surface area contributed by atoms with Crippen LogP contribution < -0.4 is 5.32 Å². The summed E-state index contributed by atoms with van der Waals surface area (Å²) >= 11 is 13.2. The van der Waals surface area contributed by atoms with Crippen LogP contribution in [0.4, 0.5) is 5.82 Å². The molecule has 0 aliphatic heterocycles. The first-order valence-corrected chi connectivity index (χ1v) is 10.6. The fourth-order valence-electron chi connectivity index (χ4n) is 2.77. The first-order valence-electron chi connectivity index (χ1n) is 8.82. The summed E-state index contributed by atoms with van der Waals surface area (Å²) < 4.78 is 7.31. The van der Waals surface area contributed by atoms with Gasteiger partial charge in [0.1, 0.15) is 5.76 Å². The Balaban J connectivity index is 1.58. The second kappa shape index (κ2) is 8.91. The normalized spacial score (nSPS) is 10.9. The molecule has 0 bridgehead atoms. The van der Waals surface area contributed by atoms with Crippen LogP contribution in [-0.4, -0.2) is 31.4 Å². The van der Waals surface area contributed by atoms with E-state index in [-0.39, 0.29) is 22.5 Å². The van der Waals surface area contributed by atoms with Crippen LogP contribution in [0.5, 0.6) is 0 Å². The molecule has 0 saturated carbocycles. The standard InChI is InChI=1S/C20H15Cl2N5O2S/c1-12-15(7-8-29-12)19-25-26-20(27(19)14-5-3-2-4-6-14)30-11-17(28)24-18-16(22)9-13(21)10-23-18/h2-10H,11H2,1H3,(H,23,24,28). The molecule has 30 heavy (non-hydrogen) atoms. The zero-order chi connectivity index (χ0) is 21.1. The molecular formula is C20H15Cl2N5O2S. The highest BCUT2D eigenvalue weighted by molar-refractivity contribution is 7.99. The number of aromatic nitrogens is 4. The minimum Gasteiger partial charge on any atom is -0.469 e. The molecule has 1 N–H and O–H groups in total. The molecule has 3 heterocycles. The van der Waals surface area contributed by atoms with Crippen LogP contribution in [0.3, 0.4) is 0 Å². The van der Waals surface area contributed by atoms with E-state index >= 15 is 0 Å². The van der Waals surface area contributed by atoms with Gasteiger partial charge in [0.15, 0.2) is 16.8 Å². The molecule has 4 aromatic rings. The first kappa shape index (κ1) is 20.5. The number of rotatable bonds is 6. The molecule has 1 amide bonds. The molecule has 0 spiro atoms. The van der Waals surface area contributed by atoms with Crippen molar-refractivity contribution < 1.29 is 9.21 Å². The predicted molar refractivity (Wildman–Crippen MR) is 117 cm³/mol. The Kier molecular flexibility index (Phi) is 6.08. The molecular weight excluding hydrogens is 445 g/mol. The number of thioether (sulfide) groups is 1. The third-order valence-corrected chi connectivity index (χ3v) is 5.57. The summed E-state index contributed by atoms with van der Waals surface area (Å²) in [5.41, 5.74) is 1.71. The van der Waals surface area contributed by atoms with Gasteiger partial charge in [-0.15, -0.1) is 10.2 Å². The van der Waals surface area contributed by atoms with Gasteiger partial charge in [-0.05, 0) is 31.2 Å². The molecule has 0 saturated heterocycles. The van der Waals surface area contributed by atoms with E-state index in [9.17, 15) is 4.79 Å². The quantitative estimate of drug-likeness (QED) is 0.395. The molecule has 0 aliphatic rings. The van der Waals surface area contributed by atoms with Crippen LogP contribution in [0.25, 0.3) is 17.1 Å². The van der Waals surface area contributed by atoms with Crippen LogP contribution in [0.15, 0.2) is 64.5 Å². The number of carbonyl (C=O) groups excluding carboxylic acids is 1. The van der Waals surface area contributed by atoms with Gasteiger partial charge in [0.25, 0.3) is 0 Å². The summed E-state index contributed by atoms with van der Waals surface area (Å²) in [7, 11) is 0. The minimum absolute atomic E-state index is 0.0932. The number of carbonyl (C=O) groups is 1. The van der Waals surface area contributed by atoms with Gasteiger partial charge in [-0.2, -0.15) is 0 Å². The van der Waals surface area contributed by atoms with Crippen molar-refractivity contribution >= 4 is 46.7 Å². The van der Waals surface area contributed by atoms with Crippen LogP contribution in [0, 0.1) is 6.92 Å². The average molecular weight is 460 g/mol. The van der Waals surface area contributed by atoms with Crippen LogP contribution in [0.2, 0.25) is 10.0 Å². The number of hydrogen-bond acceptors (Lipinski definition) is 6. The van der Waals surface area contributed by atoms with Gasteiger partial charge in [-0.1, -0.05) is 53.2 Å². The van der Waals surface area contributed by atoms with E-state index in [1.165, 1.54) is 24.0 Å². The molecule has 0 atom stereocenters. The lowest BCUT2D eigenvalue weighted by molar-refractivity contribution is -0.113. The molecule has 0 unspecified atom stereocenters. The number of nitrogens with one attached hydrogen (secondary N) is 1. The second-order valence-electron chi connectivity index (χ2n) is 6.19. The number of amides is 1. The maximum absolute atomic E-state index is 12.4. The van der Waals surface area contributed by atoms with Gasteiger partial charge in [0.05, 0.1) is 27.6 Å². The van der Waals surface area contributed by atoms with Crippen LogP contribution >= 0.6 is 35.0 Å². The van der Waals surface area contributed by atoms with Gasteiger partial charge in [0.2, 0.25) is 5.91 Å². The van der Waals surface area contributed by atoms with E-state index in [2.05, 4.69) is 20.5 Å². The third-order valence-electron chi connectivity index (χ3n) is 4.15. The fraction of sp³-hybridized carbons (Fsp3) is 0.100. The van der Waals surface area contributed by atoms with Crippen molar-refractivity contribution in [2.75, 3.05) is 11.1 Å². The Bertz CT molecular complexity index is 1190. The molecule has 152 valence electrons. The maximum atomic E-state index is 12.4. The van der Waals surface area contributed by atoms with Gasteiger partial charge >= 0.3 is 0 Å². The number of aryl methyl sites for hydroxylation is 1. The minimum atomic E-state index is -0.277. The lowest BCUT2D eigenvalue weighted by Gasteiger charge is -2.10. The highest BCUT2D eigenvalue weighted by atomic mass is 35.5. The van der Waals surface area contributed by atoms with E-state index in [0.29, 0.717) is 16.0 Å². The summed E-state index contributed by atoms with van der Waals surface area (Å²) in [5, 5.41) is 12.5. The Morgan fingerprint density at radius 3 is 2.70 bits per heavy atom. The van der Waals surface area contributed by atoms with Gasteiger partial charge in [-0.3, -0.25) is 9.36 Å². The zero-order valence-electron chi connectivity index (χ0n) is 15.7. The number of para-hydroxylation sites is 1. The third kappa shape index (κ3) is 4.35. The van der Waals surface area contributed by atoms with Crippen molar-refractivity contribution in [3.05, 3.63) is 70.7 Å². The topological polar surface area (TPSA) is 85.8 Å². The SMILES string of the molecule is Cc1occc1-c1nnc(SCC(=O)Nc2ncc(Cl)cc2Cl)n1-c1ccccc1. The first-order chi connectivity index (χ1) is 14.5. The molecule has 10 heteroatoms. The largest absolute Gasteiger partial charge is 0.469 e. The maximum Gasteiger partial charge on any atom is 0.236 e. The van der Waals surface area contributed by atoms with E-state index in [1.807, 2.05) is 47.9 Å². The van der Waals surface area contributed by atoms with Crippen molar-refractivity contribution in [3.8, 4) is 17.1 Å². The van der Waals surface area contributed by atoms with Gasteiger partial charge < -0.3 is 9.73 Å². The van der Waals surface area contributed by atoms with Crippen LogP contribution in [-0.2, 0) is 4.79 Å². The van der Waals surface area contributed by atoms with Gasteiger partial charge in [-0.25, -0.2) is 4.98 Å². The summed E-state index contributed by atoms with van der Waals surface area (Å²) in [5.74, 6) is 1.44. The second-order valence-corrected chi connectivity index (χ2v) is 7.97. The summed E-state index contributed by atoms with van der Waals surface area (Å²) in [6.45, 7) is 1.86. The molecule has 0 aliphatic carbocycles. The molecule has 0 radical (unpaired) electrons. The molecule has 3 aromatic heterocycles. The monoisotopic (exact) mass is 459 g/mol. The van der Waals surface area contributed by atoms with Crippen molar-refractivity contribution in [3.63, 3.8) is 0 Å². The highest BCUT2D eigenvalue weighted by Crippen LogP contribution is 2.30. The lowest BCUT2D eigenvalue weighted by atomic mass is 10.2. The van der Waals surface area contributed by atoms with E-state index in [0.717, 1.165) is 17.0 Å².